The molecule has 0 saturated carbocycles. The first-order chi connectivity index (χ1) is 13.5. The van der Waals surface area contributed by atoms with Crippen molar-refractivity contribution in [3.05, 3.63) is 10.4 Å². The first-order valence-electron chi connectivity index (χ1n) is 9.84. The molecular weight excluding hydrogens is 400 g/mol. The molecule has 1 aromatic heterocycles. The molecule has 0 spiro atoms. The van der Waals surface area contributed by atoms with Gasteiger partial charge in [-0.3, -0.25) is 9.59 Å². The highest BCUT2D eigenvalue weighted by molar-refractivity contribution is 8.04. The van der Waals surface area contributed by atoms with Crippen molar-refractivity contribution in [2.75, 3.05) is 19.8 Å². The number of carbonyl (C=O) groups is 3. The average Bonchev–Trinajstić information content (AvgIpc) is 3.16. The van der Waals surface area contributed by atoms with Crippen LogP contribution in [0.25, 0.3) is 0 Å². The molecule has 0 aromatic carbocycles. The summed E-state index contributed by atoms with van der Waals surface area (Å²) in [6, 6.07) is 0. The second-order valence-electron chi connectivity index (χ2n) is 6.43. The Kier molecular flexibility index (Phi) is 8.37. The Hall–Kier alpha value is -1.54. The van der Waals surface area contributed by atoms with Crippen LogP contribution in [0.5, 0.6) is 5.75 Å². The Balaban J connectivity index is 2.46. The van der Waals surface area contributed by atoms with Gasteiger partial charge in [0, 0.05) is 0 Å². The van der Waals surface area contributed by atoms with E-state index in [2.05, 4.69) is 0 Å². The number of ether oxygens (including phenoxy) is 3. The Labute approximate surface area is 174 Å². The van der Waals surface area contributed by atoms with E-state index in [-0.39, 0.29) is 29.6 Å². The molecule has 0 amide bonds. The van der Waals surface area contributed by atoms with Gasteiger partial charge in [-0.25, -0.2) is 4.79 Å². The zero-order chi connectivity index (χ0) is 20.7. The minimum Gasteiger partial charge on any atom is -0.491 e. The van der Waals surface area contributed by atoms with E-state index in [0.717, 1.165) is 37.0 Å². The summed E-state index contributed by atoms with van der Waals surface area (Å²) < 4.78 is 15.6. The van der Waals surface area contributed by atoms with Gasteiger partial charge in [0.2, 0.25) is 0 Å². The minimum absolute atomic E-state index is 0.210. The van der Waals surface area contributed by atoms with Crippen molar-refractivity contribution in [3.8, 4) is 5.75 Å². The number of hydrogen-bond donors (Lipinski definition) is 0. The van der Waals surface area contributed by atoms with Crippen LogP contribution >= 0.6 is 23.1 Å². The van der Waals surface area contributed by atoms with Gasteiger partial charge < -0.3 is 14.2 Å². The van der Waals surface area contributed by atoms with Crippen molar-refractivity contribution >= 4 is 40.8 Å². The average molecular weight is 429 g/mol. The van der Waals surface area contributed by atoms with Gasteiger partial charge in [0.25, 0.3) is 0 Å². The molecule has 1 unspecified atom stereocenters. The van der Waals surface area contributed by atoms with E-state index in [0.29, 0.717) is 22.8 Å². The molecule has 1 aromatic rings. The molecule has 28 heavy (non-hydrogen) atoms. The van der Waals surface area contributed by atoms with Crippen molar-refractivity contribution in [1.29, 1.82) is 0 Å². The normalized spacial score (nSPS) is 18.1. The van der Waals surface area contributed by atoms with Crippen molar-refractivity contribution in [2.24, 2.45) is 0 Å². The summed E-state index contributed by atoms with van der Waals surface area (Å²) in [5.41, 5.74) is 0.332. The molecular formula is C20H28O6S2. The molecule has 0 fully saturated rings. The maximum atomic E-state index is 13.4. The van der Waals surface area contributed by atoms with E-state index < -0.39 is 16.7 Å². The SMILES string of the molecule is CCCCOc1c(C(=O)OCC)sc2c1C(=O)C(CCCC)(C(=O)OCC)S2. The third-order valence-corrected chi connectivity index (χ3v) is 7.13. The lowest BCUT2D eigenvalue weighted by Gasteiger charge is -2.24. The van der Waals surface area contributed by atoms with Gasteiger partial charge in [-0.15, -0.1) is 11.3 Å². The number of thiophene rings is 1. The summed E-state index contributed by atoms with van der Waals surface area (Å²) in [6.45, 7) is 8.34. The van der Waals surface area contributed by atoms with Crippen LogP contribution in [0.2, 0.25) is 0 Å². The van der Waals surface area contributed by atoms with Gasteiger partial charge in [-0.1, -0.05) is 44.9 Å². The summed E-state index contributed by atoms with van der Waals surface area (Å²) >= 11 is 2.36. The molecule has 0 aliphatic carbocycles. The van der Waals surface area contributed by atoms with Gasteiger partial charge in [-0.2, -0.15) is 0 Å². The molecule has 0 radical (unpaired) electrons. The highest BCUT2D eigenvalue weighted by atomic mass is 32.2. The lowest BCUT2D eigenvalue weighted by molar-refractivity contribution is -0.144. The number of fused-ring (bicyclic) bond motifs is 1. The van der Waals surface area contributed by atoms with E-state index in [1.807, 2.05) is 13.8 Å². The third kappa shape index (κ3) is 4.38. The summed E-state index contributed by atoms with van der Waals surface area (Å²) in [4.78, 5) is 38.9. The van der Waals surface area contributed by atoms with Crippen LogP contribution in [0.15, 0.2) is 4.21 Å². The molecule has 1 atom stereocenters. The largest absolute Gasteiger partial charge is 0.491 e. The standard InChI is InChI=1S/C20H28O6S2/c1-5-9-11-20(19(23)25-8-4)16(21)13-14(26-12-10-6-2)15(17(22)24-7-3)27-18(13)28-20/h5-12H2,1-4H3. The summed E-state index contributed by atoms with van der Waals surface area (Å²) in [5, 5.41) is 0. The van der Waals surface area contributed by atoms with E-state index in [4.69, 9.17) is 14.2 Å². The minimum atomic E-state index is -1.29. The number of carbonyl (C=O) groups excluding carboxylic acids is 3. The Morgan fingerprint density at radius 2 is 1.68 bits per heavy atom. The fourth-order valence-corrected chi connectivity index (χ4v) is 5.83. The molecule has 2 rings (SSSR count). The van der Waals surface area contributed by atoms with E-state index in [1.165, 1.54) is 11.8 Å². The van der Waals surface area contributed by atoms with Crippen molar-refractivity contribution in [3.63, 3.8) is 0 Å². The lowest BCUT2D eigenvalue weighted by Crippen LogP contribution is -2.42. The highest BCUT2D eigenvalue weighted by Crippen LogP contribution is 2.56. The van der Waals surface area contributed by atoms with E-state index >= 15 is 0 Å². The molecule has 8 heteroatoms. The predicted octanol–water partition coefficient (Wildman–Crippen LogP) is 4.88. The van der Waals surface area contributed by atoms with Crippen LogP contribution in [0.3, 0.4) is 0 Å². The van der Waals surface area contributed by atoms with Crippen LogP contribution in [0.4, 0.5) is 0 Å². The monoisotopic (exact) mass is 428 g/mol. The molecule has 1 aliphatic heterocycles. The molecule has 0 bridgehead atoms. The van der Waals surface area contributed by atoms with Crippen LogP contribution in [-0.4, -0.2) is 42.3 Å². The summed E-state index contributed by atoms with van der Waals surface area (Å²) in [7, 11) is 0. The second-order valence-corrected chi connectivity index (χ2v) is 9.02. The molecule has 2 heterocycles. The van der Waals surface area contributed by atoms with E-state index in [9.17, 15) is 14.4 Å². The summed E-state index contributed by atoms with van der Waals surface area (Å²) in [5.74, 6) is -1.08. The number of ketones is 1. The number of rotatable bonds is 11. The van der Waals surface area contributed by atoms with Gasteiger partial charge in [0.15, 0.2) is 21.2 Å². The number of hydrogen-bond acceptors (Lipinski definition) is 8. The van der Waals surface area contributed by atoms with Gasteiger partial charge in [0.05, 0.1) is 29.6 Å². The molecule has 156 valence electrons. The number of thioether (sulfide) groups is 1. The zero-order valence-electron chi connectivity index (χ0n) is 16.9. The Morgan fingerprint density at radius 1 is 1.00 bits per heavy atom. The third-order valence-electron chi connectivity index (χ3n) is 4.39. The van der Waals surface area contributed by atoms with E-state index in [1.54, 1.807) is 13.8 Å². The fourth-order valence-electron chi connectivity index (χ4n) is 2.93. The van der Waals surface area contributed by atoms with Crippen molar-refractivity contribution in [2.45, 2.75) is 68.8 Å². The smallest absolute Gasteiger partial charge is 0.352 e. The summed E-state index contributed by atoms with van der Waals surface area (Å²) in [6.07, 6.45) is 3.70. The topological polar surface area (TPSA) is 78.9 Å². The highest BCUT2D eigenvalue weighted by Gasteiger charge is 2.56. The first kappa shape index (κ1) is 22.7. The Bertz CT molecular complexity index is 727. The first-order valence-corrected chi connectivity index (χ1v) is 11.5. The molecule has 1 aliphatic rings. The van der Waals surface area contributed by atoms with Gasteiger partial charge in [-0.05, 0) is 26.7 Å². The molecule has 0 saturated heterocycles. The predicted molar refractivity (Wildman–Crippen MR) is 110 cm³/mol. The number of esters is 2. The maximum absolute atomic E-state index is 13.4. The van der Waals surface area contributed by atoms with Crippen LogP contribution < -0.4 is 4.74 Å². The van der Waals surface area contributed by atoms with Crippen molar-refractivity contribution in [1.82, 2.24) is 0 Å². The van der Waals surface area contributed by atoms with Crippen LogP contribution in [-0.2, 0) is 14.3 Å². The van der Waals surface area contributed by atoms with Crippen LogP contribution in [0, 0.1) is 0 Å². The fraction of sp³-hybridized carbons (Fsp3) is 0.650. The van der Waals surface area contributed by atoms with Crippen molar-refractivity contribution < 1.29 is 28.6 Å². The van der Waals surface area contributed by atoms with Gasteiger partial charge in [0.1, 0.15) is 0 Å². The lowest BCUT2D eigenvalue weighted by atomic mass is 9.92. The molecule has 6 nitrogen and oxygen atoms in total. The van der Waals surface area contributed by atoms with Gasteiger partial charge >= 0.3 is 11.9 Å². The zero-order valence-corrected chi connectivity index (χ0v) is 18.6. The quantitative estimate of drug-likeness (QED) is 0.282. The Morgan fingerprint density at radius 3 is 2.29 bits per heavy atom. The number of Topliss-reactive ketones (excluding diaryl/α,β-unsaturated/α-hetero) is 1. The molecule has 0 N–H and O–H groups in total. The number of unbranched alkanes of at least 4 members (excludes halogenated alkanes) is 2. The second kappa shape index (κ2) is 10.3. The van der Waals surface area contributed by atoms with Crippen LogP contribution in [0.1, 0.15) is 79.8 Å². The maximum Gasteiger partial charge on any atom is 0.352 e.